The number of para-hydroxylation sites is 1. The van der Waals surface area contributed by atoms with Gasteiger partial charge in [0.15, 0.2) is 0 Å². The number of nitrogens with one attached hydrogen (secondary N) is 1. The molecule has 0 aliphatic carbocycles. The summed E-state index contributed by atoms with van der Waals surface area (Å²) in [5.41, 5.74) is 5.05. The molecule has 27 heavy (non-hydrogen) atoms. The van der Waals surface area contributed by atoms with E-state index < -0.39 is 0 Å². The second kappa shape index (κ2) is 7.94. The van der Waals surface area contributed by atoms with Crippen molar-refractivity contribution >= 4 is 34.9 Å². The summed E-state index contributed by atoms with van der Waals surface area (Å²) in [4.78, 5) is 4.60. The monoisotopic (exact) mass is 371 g/mol. The van der Waals surface area contributed by atoms with E-state index in [2.05, 4.69) is 14.9 Å². The van der Waals surface area contributed by atoms with Crippen LogP contribution in [0.3, 0.4) is 0 Å². The zero-order valence-corrected chi connectivity index (χ0v) is 15.3. The molecule has 0 aliphatic rings. The van der Waals surface area contributed by atoms with Gasteiger partial charge in [-0.1, -0.05) is 29.8 Å². The minimum Gasteiger partial charge on any atom is -0.356 e. The predicted octanol–water partition coefficient (Wildman–Crippen LogP) is 6.62. The Hall–Kier alpha value is -3.30. The van der Waals surface area contributed by atoms with Crippen molar-refractivity contribution in [2.24, 2.45) is 4.99 Å². The topological polar surface area (TPSA) is 29.3 Å². The first-order valence-electron chi connectivity index (χ1n) is 8.67. The van der Waals surface area contributed by atoms with Crippen molar-refractivity contribution in [2.75, 3.05) is 5.32 Å². The third kappa shape index (κ3) is 4.27. The molecule has 0 saturated heterocycles. The highest BCUT2D eigenvalue weighted by Crippen LogP contribution is 2.21. The summed E-state index contributed by atoms with van der Waals surface area (Å²) in [7, 11) is 0. The summed E-state index contributed by atoms with van der Waals surface area (Å²) in [6.07, 6.45) is 3.88. The van der Waals surface area contributed by atoms with Crippen molar-refractivity contribution in [1.29, 1.82) is 0 Å². The standard InChI is InChI=1S/C23H18ClN3/c24-18-8-14-22(15-9-18)27-16-4-7-23(27)17-25-19-10-12-21(13-11-19)26-20-5-2-1-3-6-20/h1-17,26H. The van der Waals surface area contributed by atoms with Crippen LogP contribution in [0, 0.1) is 0 Å². The van der Waals surface area contributed by atoms with Gasteiger partial charge in [-0.05, 0) is 72.8 Å². The quantitative estimate of drug-likeness (QED) is 0.392. The second-order valence-electron chi connectivity index (χ2n) is 6.08. The zero-order chi connectivity index (χ0) is 18.5. The lowest BCUT2D eigenvalue weighted by atomic mass is 10.2. The fraction of sp³-hybridized carbons (Fsp3) is 0. The molecule has 0 atom stereocenters. The molecule has 0 spiro atoms. The van der Waals surface area contributed by atoms with Crippen LogP contribution in [0.15, 0.2) is 102 Å². The molecular weight excluding hydrogens is 354 g/mol. The van der Waals surface area contributed by atoms with E-state index in [0.29, 0.717) is 0 Å². The Morgan fingerprint density at radius 3 is 2.19 bits per heavy atom. The molecule has 4 aromatic rings. The van der Waals surface area contributed by atoms with Gasteiger partial charge in [-0.2, -0.15) is 0 Å². The molecule has 3 aromatic carbocycles. The van der Waals surface area contributed by atoms with Crippen LogP contribution in [0.2, 0.25) is 5.02 Å². The van der Waals surface area contributed by atoms with E-state index in [9.17, 15) is 0 Å². The van der Waals surface area contributed by atoms with E-state index in [-0.39, 0.29) is 0 Å². The van der Waals surface area contributed by atoms with Gasteiger partial charge in [-0.15, -0.1) is 0 Å². The van der Waals surface area contributed by atoms with Crippen molar-refractivity contribution in [3.05, 3.63) is 108 Å². The Kier molecular flexibility index (Phi) is 5.04. The van der Waals surface area contributed by atoms with Crippen LogP contribution in [0.5, 0.6) is 0 Å². The van der Waals surface area contributed by atoms with Gasteiger partial charge in [0.1, 0.15) is 0 Å². The van der Waals surface area contributed by atoms with Crippen LogP contribution in [0.4, 0.5) is 17.1 Å². The number of hydrogen-bond donors (Lipinski definition) is 1. The molecule has 0 saturated carbocycles. The first kappa shape index (κ1) is 17.1. The van der Waals surface area contributed by atoms with Crippen molar-refractivity contribution in [3.8, 4) is 5.69 Å². The Bertz CT molecular complexity index is 1030. The summed E-state index contributed by atoms with van der Waals surface area (Å²) in [6, 6.07) is 29.9. The maximum Gasteiger partial charge on any atom is 0.0639 e. The fourth-order valence-corrected chi connectivity index (χ4v) is 2.92. The van der Waals surface area contributed by atoms with Gasteiger partial charge in [-0.3, -0.25) is 4.99 Å². The number of benzene rings is 3. The molecule has 1 aromatic heterocycles. The fourth-order valence-electron chi connectivity index (χ4n) is 2.80. The summed E-state index contributed by atoms with van der Waals surface area (Å²) in [5.74, 6) is 0. The molecule has 0 unspecified atom stereocenters. The lowest BCUT2D eigenvalue weighted by Gasteiger charge is -2.07. The molecule has 3 nitrogen and oxygen atoms in total. The van der Waals surface area contributed by atoms with Crippen LogP contribution in [-0.4, -0.2) is 10.8 Å². The second-order valence-corrected chi connectivity index (χ2v) is 6.51. The van der Waals surface area contributed by atoms with Crippen molar-refractivity contribution in [3.63, 3.8) is 0 Å². The molecule has 132 valence electrons. The third-order valence-corrected chi connectivity index (χ3v) is 4.41. The number of hydrogen-bond acceptors (Lipinski definition) is 2. The number of rotatable bonds is 5. The lowest BCUT2D eigenvalue weighted by Crippen LogP contribution is -1.97. The first-order valence-corrected chi connectivity index (χ1v) is 9.05. The van der Waals surface area contributed by atoms with Crippen molar-refractivity contribution in [1.82, 2.24) is 4.57 Å². The summed E-state index contributed by atoms with van der Waals surface area (Å²) >= 11 is 5.98. The molecular formula is C23H18ClN3. The molecule has 1 N–H and O–H groups in total. The predicted molar refractivity (Wildman–Crippen MR) is 114 cm³/mol. The SMILES string of the molecule is Clc1ccc(-n2cccc2C=Nc2ccc(Nc3ccccc3)cc2)cc1. The maximum absolute atomic E-state index is 5.98. The van der Waals surface area contributed by atoms with Crippen LogP contribution in [-0.2, 0) is 0 Å². The molecule has 0 radical (unpaired) electrons. The van der Waals surface area contributed by atoms with Crippen LogP contribution >= 0.6 is 11.6 Å². The van der Waals surface area contributed by atoms with Gasteiger partial charge in [0.05, 0.1) is 17.6 Å². The Morgan fingerprint density at radius 2 is 1.44 bits per heavy atom. The van der Waals surface area contributed by atoms with E-state index in [1.54, 1.807) is 0 Å². The lowest BCUT2D eigenvalue weighted by molar-refractivity contribution is 1.07. The number of aromatic nitrogens is 1. The highest BCUT2D eigenvalue weighted by atomic mass is 35.5. The smallest absolute Gasteiger partial charge is 0.0639 e. The Morgan fingerprint density at radius 1 is 0.741 bits per heavy atom. The minimum atomic E-state index is 0.727. The Balaban J connectivity index is 1.49. The van der Waals surface area contributed by atoms with E-state index in [1.807, 2.05) is 103 Å². The molecule has 0 fully saturated rings. The summed E-state index contributed by atoms with van der Waals surface area (Å²) < 4.78 is 2.07. The molecule has 1 heterocycles. The summed E-state index contributed by atoms with van der Waals surface area (Å²) in [6.45, 7) is 0. The van der Waals surface area contributed by atoms with Gasteiger partial charge in [0.25, 0.3) is 0 Å². The van der Waals surface area contributed by atoms with Gasteiger partial charge >= 0.3 is 0 Å². The van der Waals surface area contributed by atoms with Crippen molar-refractivity contribution in [2.45, 2.75) is 0 Å². The Labute approximate surface area is 163 Å². The van der Waals surface area contributed by atoms with E-state index in [1.165, 1.54) is 0 Å². The zero-order valence-electron chi connectivity index (χ0n) is 14.6. The molecule has 0 bridgehead atoms. The van der Waals surface area contributed by atoms with Crippen molar-refractivity contribution < 1.29 is 0 Å². The molecule has 0 amide bonds. The average Bonchev–Trinajstić information content (AvgIpc) is 3.17. The third-order valence-electron chi connectivity index (χ3n) is 4.16. The number of nitrogens with zero attached hydrogens (tertiary/aromatic N) is 2. The molecule has 4 heteroatoms. The highest BCUT2D eigenvalue weighted by Gasteiger charge is 2.01. The van der Waals surface area contributed by atoms with Crippen LogP contribution < -0.4 is 5.32 Å². The normalized spacial score (nSPS) is 11.0. The minimum absolute atomic E-state index is 0.727. The van der Waals surface area contributed by atoms with E-state index >= 15 is 0 Å². The first-order chi connectivity index (χ1) is 13.3. The van der Waals surface area contributed by atoms with E-state index in [4.69, 9.17) is 11.6 Å². The summed E-state index contributed by atoms with van der Waals surface area (Å²) in [5, 5.41) is 4.10. The van der Waals surface area contributed by atoms with Gasteiger partial charge in [-0.25, -0.2) is 0 Å². The number of halogens is 1. The number of anilines is 2. The van der Waals surface area contributed by atoms with Gasteiger partial charge in [0.2, 0.25) is 0 Å². The van der Waals surface area contributed by atoms with E-state index in [0.717, 1.165) is 33.5 Å². The van der Waals surface area contributed by atoms with Gasteiger partial charge < -0.3 is 9.88 Å². The molecule has 4 rings (SSSR count). The highest BCUT2D eigenvalue weighted by molar-refractivity contribution is 6.30. The van der Waals surface area contributed by atoms with Crippen LogP contribution in [0.25, 0.3) is 5.69 Å². The largest absolute Gasteiger partial charge is 0.356 e. The average molecular weight is 372 g/mol. The molecule has 0 aliphatic heterocycles. The number of aliphatic imine (C=N–C) groups is 1. The van der Waals surface area contributed by atoms with Gasteiger partial charge in [0, 0.05) is 28.3 Å². The maximum atomic E-state index is 5.98. The van der Waals surface area contributed by atoms with Crippen LogP contribution in [0.1, 0.15) is 5.69 Å².